The molecule has 4 aromatic heterocycles. The number of nitrogens with two attached hydrogens (primary N) is 1. The lowest BCUT2D eigenvalue weighted by atomic mass is 9.95. The highest BCUT2D eigenvalue weighted by Crippen LogP contribution is 2.39. The average molecular weight is 526 g/mol. The van der Waals surface area contributed by atoms with E-state index in [1.165, 1.54) is 22.7 Å². The number of primary amides is 1. The molecule has 0 atom stereocenters. The Balaban J connectivity index is 1.60. The van der Waals surface area contributed by atoms with Gasteiger partial charge in [0.2, 0.25) is 0 Å². The number of alkyl halides is 3. The van der Waals surface area contributed by atoms with E-state index in [0.29, 0.717) is 15.8 Å². The van der Waals surface area contributed by atoms with Crippen molar-refractivity contribution in [2.24, 2.45) is 5.73 Å². The largest absolute Gasteiger partial charge is 0.433 e. The first-order valence-electron chi connectivity index (χ1n) is 10.1. The molecule has 4 aromatic rings. The molecule has 3 N–H and O–H groups in total. The van der Waals surface area contributed by atoms with Crippen molar-refractivity contribution < 1.29 is 22.8 Å². The molecular formula is C21H15ClF3N5O2S2. The summed E-state index contributed by atoms with van der Waals surface area (Å²) in [4.78, 5) is 30.8. The number of nitrogens with zero attached hydrogens (tertiary/aromatic N) is 3. The molecule has 176 valence electrons. The Morgan fingerprint density at radius 2 is 2.00 bits per heavy atom. The third-order valence-electron chi connectivity index (χ3n) is 5.46. The highest BCUT2D eigenvalue weighted by molar-refractivity contribution is 7.17. The van der Waals surface area contributed by atoms with Crippen LogP contribution in [0.5, 0.6) is 0 Å². The van der Waals surface area contributed by atoms with E-state index in [9.17, 15) is 22.8 Å². The Morgan fingerprint density at radius 3 is 2.68 bits per heavy atom. The second kappa shape index (κ2) is 8.36. The Bertz CT molecular complexity index is 1440. The van der Waals surface area contributed by atoms with Crippen LogP contribution in [-0.2, 0) is 19.0 Å². The van der Waals surface area contributed by atoms with Gasteiger partial charge in [0.05, 0.1) is 16.1 Å². The molecule has 0 unspecified atom stereocenters. The second-order valence-corrected chi connectivity index (χ2v) is 10.1. The lowest BCUT2D eigenvalue weighted by molar-refractivity contribution is -0.142. The number of rotatable bonds is 4. The molecule has 7 nitrogen and oxygen atoms in total. The first kappa shape index (κ1) is 22.8. The minimum Gasteiger partial charge on any atom is -0.365 e. The van der Waals surface area contributed by atoms with E-state index in [4.69, 9.17) is 17.3 Å². The van der Waals surface area contributed by atoms with Crippen LogP contribution in [0.4, 0.5) is 18.2 Å². The minimum atomic E-state index is -4.78. The Hall–Kier alpha value is -2.96. The predicted octanol–water partition coefficient (Wildman–Crippen LogP) is 5.42. The lowest BCUT2D eigenvalue weighted by Gasteiger charge is -2.11. The third kappa shape index (κ3) is 3.85. The van der Waals surface area contributed by atoms with Crippen LogP contribution in [0.15, 0.2) is 23.6 Å². The normalized spacial score (nSPS) is 13.8. The van der Waals surface area contributed by atoms with E-state index in [0.717, 1.165) is 35.8 Å². The number of anilines is 1. The van der Waals surface area contributed by atoms with Gasteiger partial charge in [0.25, 0.3) is 11.8 Å². The molecule has 0 bridgehead atoms. The topological polar surface area (TPSA) is 102 Å². The van der Waals surface area contributed by atoms with Gasteiger partial charge in [-0.15, -0.1) is 22.7 Å². The molecule has 0 radical (unpaired) electrons. The maximum atomic E-state index is 13.8. The summed E-state index contributed by atoms with van der Waals surface area (Å²) >= 11 is 8.77. The molecule has 0 aliphatic heterocycles. The molecule has 0 saturated carbocycles. The van der Waals surface area contributed by atoms with Crippen molar-refractivity contribution in [1.29, 1.82) is 0 Å². The van der Waals surface area contributed by atoms with Crippen LogP contribution in [0.25, 0.3) is 16.2 Å². The molecule has 34 heavy (non-hydrogen) atoms. The number of carbonyl (C=O) groups is 2. The molecule has 1 aliphatic rings. The molecular weight excluding hydrogens is 511 g/mol. The van der Waals surface area contributed by atoms with Gasteiger partial charge < -0.3 is 11.1 Å². The van der Waals surface area contributed by atoms with Crippen LogP contribution in [0.1, 0.15) is 49.8 Å². The van der Waals surface area contributed by atoms with Crippen molar-refractivity contribution in [1.82, 2.24) is 14.6 Å². The highest BCUT2D eigenvalue weighted by Gasteiger charge is 2.37. The number of thiophene rings is 2. The van der Waals surface area contributed by atoms with Crippen molar-refractivity contribution in [2.75, 3.05) is 5.32 Å². The van der Waals surface area contributed by atoms with Crippen molar-refractivity contribution in [3.05, 3.63) is 56.0 Å². The fraction of sp³-hybridized carbons (Fsp3) is 0.238. The number of aromatic nitrogens is 3. The zero-order valence-electron chi connectivity index (χ0n) is 17.2. The molecule has 0 saturated heterocycles. The van der Waals surface area contributed by atoms with Crippen molar-refractivity contribution >= 4 is 56.7 Å². The van der Waals surface area contributed by atoms with Gasteiger partial charge in [-0.2, -0.15) is 18.3 Å². The zero-order valence-corrected chi connectivity index (χ0v) is 19.6. The second-order valence-electron chi connectivity index (χ2n) is 7.63. The quantitative estimate of drug-likeness (QED) is 0.371. The van der Waals surface area contributed by atoms with Gasteiger partial charge in [-0.05, 0) is 48.8 Å². The molecule has 1 aliphatic carbocycles. The lowest BCUT2D eigenvalue weighted by Crippen LogP contribution is -2.19. The Labute approximate surface area is 203 Å². The summed E-state index contributed by atoms with van der Waals surface area (Å²) in [5.41, 5.74) is 4.79. The molecule has 13 heteroatoms. The molecule has 4 heterocycles. The Morgan fingerprint density at radius 1 is 1.24 bits per heavy atom. The van der Waals surface area contributed by atoms with E-state index in [-0.39, 0.29) is 26.9 Å². The fourth-order valence-corrected chi connectivity index (χ4v) is 6.19. The number of halogens is 4. The van der Waals surface area contributed by atoms with Crippen molar-refractivity contribution in [2.45, 2.75) is 31.9 Å². The Kier molecular flexibility index (Phi) is 5.61. The van der Waals surface area contributed by atoms with Gasteiger partial charge in [0.1, 0.15) is 10.0 Å². The van der Waals surface area contributed by atoms with E-state index in [1.54, 1.807) is 17.5 Å². The summed E-state index contributed by atoms with van der Waals surface area (Å²) in [6.07, 6.45) is -1.50. The monoisotopic (exact) mass is 525 g/mol. The third-order valence-corrected chi connectivity index (χ3v) is 7.90. The number of amides is 2. The smallest absolute Gasteiger partial charge is 0.365 e. The first-order valence-corrected chi connectivity index (χ1v) is 12.2. The molecule has 0 fully saturated rings. The number of carbonyl (C=O) groups excluding carboxylic acids is 2. The van der Waals surface area contributed by atoms with Gasteiger partial charge in [0.15, 0.2) is 17.0 Å². The molecule has 0 spiro atoms. The van der Waals surface area contributed by atoms with E-state index < -0.39 is 29.4 Å². The minimum absolute atomic E-state index is 0.0607. The zero-order chi connectivity index (χ0) is 24.2. The standard InChI is InChI=1S/C21H15ClF3N5O2S2/c22-15-16(19(32)28-20-14(17(26)31)9-4-1-2-5-11(9)34-20)29-30-13(21(23,24)25)8-10(27-18(15)30)12-6-3-7-33-12/h3,6-8H,1-2,4-5H2,(H2,26,31)(H,28,32). The summed E-state index contributed by atoms with van der Waals surface area (Å²) in [6, 6.07) is 4.18. The number of fused-ring (bicyclic) bond motifs is 2. The summed E-state index contributed by atoms with van der Waals surface area (Å²) < 4.78 is 42.0. The van der Waals surface area contributed by atoms with Gasteiger partial charge in [-0.1, -0.05) is 17.7 Å². The number of hydrogen-bond donors (Lipinski definition) is 2. The van der Waals surface area contributed by atoms with Crippen molar-refractivity contribution in [3.63, 3.8) is 0 Å². The van der Waals surface area contributed by atoms with Gasteiger partial charge in [-0.3, -0.25) is 9.59 Å². The van der Waals surface area contributed by atoms with Crippen LogP contribution in [0, 0.1) is 0 Å². The molecule has 2 amide bonds. The average Bonchev–Trinajstić information content (AvgIpc) is 3.50. The summed E-state index contributed by atoms with van der Waals surface area (Å²) in [6.45, 7) is 0. The van der Waals surface area contributed by atoms with E-state index >= 15 is 0 Å². The summed E-state index contributed by atoms with van der Waals surface area (Å²) in [5.74, 6) is -1.54. The van der Waals surface area contributed by atoms with E-state index in [1.807, 2.05) is 0 Å². The highest BCUT2D eigenvalue weighted by atomic mass is 35.5. The van der Waals surface area contributed by atoms with E-state index in [2.05, 4.69) is 15.4 Å². The fourth-order valence-electron chi connectivity index (χ4n) is 3.97. The van der Waals surface area contributed by atoms with Crippen LogP contribution in [-0.4, -0.2) is 26.4 Å². The molecule has 0 aromatic carbocycles. The number of nitrogens with one attached hydrogen (secondary N) is 1. The first-order chi connectivity index (χ1) is 16.1. The molecule has 5 rings (SSSR count). The summed E-state index contributed by atoms with van der Waals surface area (Å²) in [7, 11) is 0. The number of hydrogen-bond acceptors (Lipinski definition) is 6. The number of aryl methyl sites for hydroxylation is 1. The SMILES string of the molecule is NC(=O)c1c(NC(=O)c2nn3c(C(F)(F)F)cc(-c4cccs4)nc3c2Cl)sc2c1CCCC2. The van der Waals surface area contributed by atoms with Crippen LogP contribution < -0.4 is 11.1 Å². The predicted molar refractivity (Wildman–Crippen MR) is 124 cm³/mol. The van der Waals surface area contributed by atoms with Crippen molar-refractivity contribution in [3.8, 4) is 10.6 Å². The summed E-state index contributed by atoms with van der Waals surface area (Å²) in [5, 5.41) is 8.03. The van der Waals surface area contributed by atoms with Crippen LogP contribution in [0.3, 0.4) is 0 Å². The van der Waals surface area contributed by atoms with Gasteiger partial charge in [-0.25, -0.2) is 9.50 Å². The maximum absolute atomic E-state index is 13.8. The van der Waals surface area contributed by atoms with Gasteiger partial charge in [0, 0.05) is 4.88 Å². The maximum Gasteiger partial charge on any atom is 0.433 e. The van der Waals surface area contributed by atoms with Crippen LogP contribution in [0.2, 0.25) is 5.02 Å². The van der Waals surface area contributed by atoms with Gasteiger partial charge >= 0.3 is 6.18 Å². The van der Waals surface area contributed by atoms with Crippen LogP contribution >= 0.6 is 34.3 Å².